The summed E-state index contributed by atoms with van der Waals surface area (Å²) in [6, 6.07) is 15.7. The summed E-state index contributed by atoms with van der Waals surface area (Å²) in [5, 5.41) is 5.88. The van der Waals surface area contributed by atoms with Crippen molar-refractivity contribution in [3.05, 3.63) is 65.7 Å². The lowest BCUT2D eigenvalue weighted by Crippen LogP contribution is -2.16. The van der Waals surface area contributed by atoms with Crippen molar-refractivity contribution in [3.63, 3.8) is 0 Å². The minimum Gasteiger partial charge on any atom is -0.492 e. The third-order valence-electron chi connectivity index (χ3n) is 3.93. The predicted octanol–water partition coefficient (Wildman–Crippen LogP) is 4.23. The van der Waals surface area contributed by atoms with E-state index >= 15 is 0 Å². The second kappa shape index (κ2) is 9.20. The number of likely N-dealkylation sites (N-methyl/N-ethyl adjacent to an activating group) is 1. The molecular weight excluding hydrogens is 324 g/mol. The van der Waals surface area contributed by atoms with Crippen LogP contribution in [-0.2, 0) is 10.2 Å². The summed E-state index contributed by atoms with van der Waals surface area (Å²) in [6.07, 6.45) is 3.36. The normalized spacial score (nSPS) is 11.5. The largest absolute Gasteiger partial charge is 0.492 e. The van der Waals surface area contributed by atoms with Crippen molar-refractivity contribution in [2.24, 2.45) is 0 Å². The molecule has 0 atom stereocenters. The summed E-state index contributed by atoms with van der Waals surface area (Å²) in [6.45, 7) is 7.90. The molecule has 0 aliphatic carbocycles. The Kier molecular flexibility index (Phi) is 6.98. The van der Waals surface area contributed by atoms with Gasteiger partial charge in [-0.3, -0.25) is 4.79 Å². The van der Waals surface area contributed by atoms with Crippen LogP contribution in [0.3, 0.4) is 0 Å². The van der Waals surface area contributed by atoms with Crippen molar-refractivity contribution in [2.45, 2.75) is 26.2 Å². The number of anilines is 1. The molecule has 0 saturated carbocycles. The molecule has 2 N–H and O–H groups in total. The fourth-order valence-corrected chi connectivity index (χ4v) is 2.38. The molecule has 0 spiro atoms. The van der Waals surface area contributed by atoms with Gasteiger partial charge in [0.05, 0.1) is 0 Å². The molecule has 1 amide bonds. The molecule has 0 aromatic heterocycles. The molecule has 2 aromatic rings. The van der Waals surface area contributed by atoms with Gasteiger partial charge in [0.25, 0.3) is 0 Å². The van der Waals surface area contributed by atoms with E-state index in [1.807, 2.05) is 49.5 Å². The first-order chi connectivity index (χ1) is 12.4. The molecular formula is C22H28N2O2. The molecule has 26 heavy (non-hydrogen) atoms. The van der Waals surface area contributed by atoms with Gasteiger partial charge in [-0.15, -0.1) is 0 Å². The van der Waals surface area contributed by atoms with Gasteiger partial charge in [-0.1, -0.05) is 51.1 Å². The van der Waals surface area contributed by atoms with Crippen molar-refractivity contribution in [1.82, 2.24) is 5.32 Å². The molecule has 4 nitrogen and oxygen atoms in total. The first kappa shape index (κ1) is 19.7. The van der Waals surface area contributed by atoms with Crippen molar-refractivity contribution >= 4 is 17.7 Å². The van der Waals surface area contributed by atoms with Gasteiger partial charge in [0.2, 0.25) is 5.91 Å². The summed E-state index contributed by atoms with van der Waals surface area (Å²) in [5.74, 6) is 0.567. The lowest BCUT2D eigenvalue weighted by atomic mass is 9.87. The second-order valence-electron chi connectivity index (χ2n) is 7.17. The van der Waals surface area contributed by atoms with E-state index in [4.69, 9.17) is 4.74 Å². The lowest BCUT2D eigenvalue weighted by molar-refractivity contribution is -0.111. The third kappa shape index (κ3) is 6.37. The van der Waals surface area contributed by atoms with Crippen LogP contribution in [0.2, 0.25) is 0 Å². The molecule has 0 aliphatic heterocycles. The van der Waals surface area contributed by atoms with Crippen LogP contribution in [0.25, 0.3) is 6.08 Å². The Balaban J connectivity index is 1.93. The number of amides is 1. The zero-order chi connectivity index (χ0) is 19.0. The molecule has 2 aromatic carbocycles. The van der Waals surface area contributed by atoms with Gasteiger partial charge in [0.1, 0.15) is 12.4 Å². The molecule has 0 bridgehead atoms. The van der Waals surface area contributed by atoms with Crippen LogP contribution in [0.5, 0.6) is 5.75 Å². The Morgan fingerprint density at radius 1 is 1.12 bits per heavy atom. The topological polar surface area (TPSA) is 50.4 Å². The first-order valence-electron chi connectivity index (χ1n) is 8.85. The van der Waals surface area contributed by atoms with Crippen molar-refractivity contribution in [1.29, 1.82) is 0 Å². The maximum atomic E-state index is 12.1. The van der Waals surface area contributed by atoms with E-state index in [0.29, 0.717) is 12.3 Å². The number of hydrogen-bond acceptors (Lipinski definition) is 3. The number of carbonyl (C=O) groups is 1. The molecule has 0 unspecified atom stereocenters. The van der Waals surface area contributed by atoms with E-state index in [1.54, 1.807) is 6.08 Å². The van der Waals surface area contributed by atoms with E-state index in [0.717, 1.165) is 17.9 Å². The average Bonchev–Trinajstić information content (AvgIpc) is 2.60. The number of benzene rings is 2. The van der Waals surface area contributed by atoms with E-state index < -0.39 is 0 Å². The standard InChI is InChI=1S/C22H28N2O2/c1-22(2,3)18-11-8-17(9-12-18)10-13-21(25)24-19-6-5-7-20(16-19)26-15-14-23-4/h5-13,16,23H,14-15H2,1-4H3,(H,24,25)/b13-10+. The molecule has 4 heteroatoms. The van der Waals surface area contributed by atoms with Crippen molar-refractivity contribution in [2.75, 3.05) is 25.5 Å². The molecule has 0 fully saturated rings. The van der Waals surface area contributed by atoms with Gasteiger partial charge < -0.3 is 15.4 Å². The van der Waals surface area contributed by atoms with Gasteiger partial charge in [0, 0.05) is 24.4 Å². The minimum atomic E-state index is -0.169. The van der Waals surface area contributed by atoms with Gasteiger partial charge in [0.15, 0.2) is 0 Å². The van der Waals surface area contributed by atoms with E-state index in [2.05, 4.69) is 43.5 Å². The highest BCUT2D eigenvalue weighted by atomic mass is 16.5. The summed E-state index contributed by atoms with van der Waals surface area (Å²) in [4.78, 5) is 12.1. The maximum Gasteiger partial charge on any atom is 0.248 e. The van der Waals surface area contributed by atoms with Crippen LogP contribution in [0.15, 0.2) is 54.6 Å². The number of nitrogens with one attached hydrogen (secondary N) is 2. The highest BCUT2D eigenvalue weighted by molar-refractivity contribution is 6.02. The zero-order valence-corrected chi connectivity index (χ0v) is 16.0. The van der Waals surface area contributed by atoms with Gasteiger partial charge in [-0.05, 0) is 41.8 Å². The van der Waals surface area contributed by atoms with Gasteiger partial charge in [-0.25, -0.2) is 0 Å². The summed E-state index contributed by atoms with van der Waals surface area (Å²) >= 11 is 0. The van der Waals surface area contributed by atoms with Crippen LogP contribution in [0.1, 0.15) is 31.9 Å². The third-order valence-corrected chi connectivity index (χ3v) is 3.93. The van der Waals surface area contributed by atoms with Crippen LogP contribution in [-0.4, -0.2) is 26.1 Å². The Bertz CT molecular complexity index is 743. The van der Waals surface area contributed by atoms with Crippen molar-refractivity contribution < 1.29 is 9.53 Å². The molecule has 0 saturated heterocycles. The zero-order valence-electron chi connectivity index (χ0n) is 16.0. The van der Waals surface area contributed by atoms with Crippen LogP contribution >= 0.6 is 0 Å². The van der Waals surface area contributed by atoms with E-state index in [9.17, 15) is 4.79 Å². The Morgan fingerprint density at radius 3 is 2.50 bits per heavy atom. The number of rotatable bonds is 7. The summed E-state index contributed by atoms with van der Waals surface area (Å²) < 4.78 is 5.60. The van der Waals surface area contributed by atoms with Crippen LogP contribution in [0, 0.1) is 0 Å². The second-order valence-corrected chi connectivity index (χ2v) is 7.17. The monoisotopic (exact) mass is 352 g/mol. The predicted molar refractivity (Wildman–Crippen MR) is 109 cm³/mol. The van der Waals surface area contributed by atoms with E-state index in [-0.39, 0.29) is 11.3 Å². The molecule has 0 radical (unpaired) electrons. The molecule has 2 rings (SSSR count). The smallest absolute Gasteiger partial charge is 0.248 e. The summed E-state index contributed by atoms with van der Waals surface area (Å²) in [7, 11) is 1.88. The van der Waals surface area contributed by atoms with Crippen LogP contribution < -0.4 is 15.4 Å². The van der Waals surface area contributed by atoms with Crippen molar-refractivity contribution in [3.8, 4) is 5.75 Å². The quantitative estimate of drug-likeness (QED) is 0.579. The molecule has 0 heterocycles. The highest BCUT2D eigenvalue weighted by Gasteiger charge is 2.12. The SMILES string of the molecule is CNCCOc1cccc(NC(=O)/C=C/c2ccc(C(C)(C)C)cc2)c1. The number of ether oxygens (including phenoxy) is 1. The lowest BCUT2D eigenvalue weighted by Gasteiger charge is -2.18. The summed E-state index contributed by atoms with van der Waals surface area (Å²) in [5.41, 5.74) is 3.11. The average molecular weight is 352 g/mol. The maximum absolute atomic E-state index is 12.1. The molecule has 0 aliphatic rings. The number of hydrogen-bond donors (Lipinski definition) is 2. The molecule has 138 valence electrons. The van der Waals surface area contributed by atoms with Gasteiger partial charge >= 0.3 is 0 Å². The van der Waals surface area contributed by atoms with Gasteiger partial charge in [-0.2, -0.15) is 0 Å². The fourth-order valence-electron chi connectivity index (χ4n) is 2.38. The minimum absolute atomic E-state index is 0.125. The van der Waals surface area contributed by atoms with E-state index in [1.165, 1.54) is 5.56 Å². The Hall–Kier alpha value is -2.59. The fraction of sp³-hybridized carbons (Fsp3) is 0.318. The van der Waals surface area contributed by atoms with Crippen LogP contribution in [0.4, 0.5) is 5.69 Å². The Morgan fingerprint density at radius 2 is 1.85 bits per heavy atom. The highest BCUT2D eigenvalue weighted by Crippen LogP contribution is 2.22. The number of carbonyl (C=O) groups excluding carboxylic acids is 1. The Labute approximate surface area is 156 Å². The first-order valence-corrected chi connectivity index (χ1v) is 8.85.